The first-order chi connectivity index (χ1) is 15.3. The van der Waals surface area contributed by atoms with Crippen LogP contribution in [0.3, 0.4) is 0 Å². The molecule has 0 aliphatic heterocycles. The first kappa shape index (κ1) is 22.8. The number of anilines is 1. The number of carbonyl (C=O) groups is 1. The van der Waals surface area contributed by atoms with Crippen molar-refractivity contribution in [3.8, 4) is 17.2 Å². The van der Waals surface area contributed by atoms with Gasteiger partial charge in [-0.2, -0.15) is 5.10 Å². The SMILES string of the molecule is COc1cccc(C=NNC(=O)CN(c2ccc(Oc3ccccc3)cc2)S(C)(=O)=O)c1. The topological polar surface area (TPSA) is 97.3 Å². The third-order valence-electron chi connectivity index (χ3n) is 4.29. The molecule has 0 saturated carbocycles. The van der Waals surface area contributed by atoms with Crippen LogP contribution in [0.5, 0.6) is 17.2 Å². The lowest BCUT2D eigenvalue weighted by atomic mass is 10.2. The highest BCUT2D eigenvalue weighted by Gasteiger charge is 2.20. The molecule has 0 atom stereocenters. The van der Waals surface area contributed by atoms with Crippen molar-refractivity contribution in [1.29, 1.82) is 0 Å². The number of methoxy groups -OCH3 is 1. The Morgan fingerprint density at radius 2 is 1.62 bits per heavy atom. The van der Waals surface area contributed by atoms with Gasteiger partial charge in [0, 0.05) is 0 Å². The number of amides is 1. The van der Waals surface area contributed by atoms with Gasteiger partial charge in [-0.25, -0.2) is 13.8 Å². The maximum absolute atomic E-state index is 12.3. The lowest BCUT2D eigenvalue weighted by Crippen LogP contribution is -2.38. The first-order valence-corrected chi connectivity index (χ1v) is 11.5. The summed E-state index contributed by atoms with van der Waals surface area (Å²) in [5, 5.41) is 3.89. The van der Waals surface area contributed by atoms with E-state index < -0.39 is 22.5 Å². The van der Waals surface area contributed by atoms with E-state index in [1.165, 1.54) is 6.21 Å². The fourth-order valence-corrected chi connectivity index (χ4v) is 3.63. The van der Waals surface area contributed by atoms with Gasteiger partial charge in [0.05, 0.1) is 25.3 Å². The summed E-state index contributed by atoms with van der Waals surface area (Å²) in [5.41, 5.74) is 3.40. The quantitative estimate of drug-likeness (QED) is 0.396. The predicted octanol–water partition coefficient (Wildman–Crippen LogP) is 3.40. The van der Waals surface area contributed by atoms with Crippen LogP contribution in [0, 0.1) is 0 Å². The molecule has 0 heterocycles. The van der Waals surface area contributed by atoms with Crippen LogP contribution in [0.2, 0.25) is 0 Å². The van der Waals surface area contributed by atoms with Crippen LogP contribution in [-0.4, -0.2) is 40.4 Å². The average Bonchev–Trinajstić information content (AvgIpc) is 2.78. The van der Waals surface area contributed by atoms with Crippen LogP contribution in [0.1, 0.15) is 5.56 Å². The molecular weight excluding hydrogens is 430 g/mol. The third-order valence-corrected chi connectivity index (χ3v) is 5.43. The summed E-state index contributed by atoms with van der Waals surface area (Å²) in [6.07, 6.45) is 2.48. The van der Waals surface area contributed by atoms with E-state index in [1.54, 1.807) is 55.6 Å². The molecule has 166 valence electrons. The smallest absolute Gasteiger partial charge is 0.260 e. The molecule has 0 saturated heterocycles. The molecule has 1 amide bonds. The zero-order valence-corrected chi connectivity index (χ0v) is 18.5. The molecule has 3 rings (SSSR count). The number of rotatable bonds is 9. The second-order valence-corrected chi connectivity index (χ2v) is 8.66. The maximum atomic E-state index is 12.3. The molecule has 0 aliphatic carbocycles. The largest absolute Gasteiger partial charge is 0.497 e. The number of benzene rings is 3. The van der Waals surface area contributed by atoms with Gasteiger partial charge in [-0.05, 0) is 54.1 Å². The van der Waals surface area contributed by atoms with Crippen molar-refractivity contribution in [2.45, 2.75) is 0 Å². The van der Waals surface area contributed by atoms with Crippen LogP contribution in [0.15, 0.2) is 84.0 Å². The van der Waals surface area contributed by atoms with Crippen molar-refractivity contribution in [2.75, 3.05) is 24.2 Å². The van der Waals surface area contributed by atoms with E-state index in [-0.39, 0.29) is 0 Å². The summed E-state index contributed by atoms with van der Waals surface area (Å²) in [7, 11) is -2.15. The Bertz CT molecular complexity index is 1180. The van der Waals surface area contributed by atoms with E-state index in [0.717, 1.165) is 16.1 Å². The predicted molar refractivity (Wildman–Crippen MR) is 124 cm³/mol. The Kier molecular flexibility index (Phi) is 7.45. The summed E-state index contributed by atoms with van der Waals surface area (Å²) in [6, 6.07) is 22.8. The molecule has 8 nitrogen and oxygen atoms in total. The summed E-state index contributed by atoms with van der Waals surface area (Å²) in [4.78, 5) is 12.3. The fraction of sp³-hybridized carbons (Fsp3) is 0.130. The molecule has 0 bridgehead atoms. The summed E-state index contributed by atoms with van der Waals surface area (Å²) in [5.74, 6) is 1.27. The third kappa shape index (κ3) is 6.58. The van der Waals surface area contributed by atoms with Crippen molar-refractivity contribution in [1.82, 2.24) is 5.43 Å². The van der Waals surface area contributed by atoms with Crippen LogP contribution in [-0.2, 0) is 14.8 Å². The molecular formula is C23H23N3O5S. The summed E-state index contributed by atoms with van der Waals surface area (Å²) in [6.45, 7) is -0.423. The number of nitrogens with zero attached hydrogens (tertiary/aromatic N) is 2. The molecule has 1 N–H and O–H groups in total. The summed E-state index contributed by atoms with van der Waals surface area (Å²) >= 11 is 0. The highest BCUT2D eigenvalue weighted by Crippen LogP contribution is 2.25. The number of hydrazone groups is 1. The minimum Gasteiger partial charge on any atom is -0.497 e. The number of para-hydroxylation sites is 1. The molecule has 0 spiro atoms. The van der Waals surface area contributed by atoms with Gasteiger partial charge in [-0.3, -0.25) is 9.10 Å². The number of hydrogen-bond acceptors (Lipinski definition) is 6. The van der Waals surface area contributed by atoms with E-state index in [9.17, 15) is 13.2 Å². The summed E-state index contributed by atoms with van der Waals surface area (Å²) < 4.78 is 36.4. The van der Waals surface area contributed by atoms with Gasteiger partial charge >= 0.3 is 0 Å². The Morgan fingerprint density at radius 3 is 2.28 bits per heavy atom. The number of ether oxygens (including phenoxy) is 2. The van der Waals surface area contributed by atoms with Gasteiger partial charge in [0.25, 0.3) is 5.91 Å². The molecule has 0 radical (unpaired) electrons. The van der Waals surface area contributed by atoms with Crippen molar-refractivity contribution in [2.24, 2.45) is 5.10 Å². The number of nitrogens with one attached hydrogen (secondary N) is 1. The van der Waals surface area contributed by atoms with Crippen LogP contribution >= 0.6 is 0 Å². The molecule has 0 aromatic heterocycles. The van der Waals surface area contributed by atoms with Gasteiger partial charge in [-0.1, -0.05) is 30.3 Å². The van der Waals surface area contributed by atoms with Crippen LogP contribution in [0.25, 0.3) is 0 Å². The standard InChI is InChI=1S/C23H23N3O5S/c1-30-22-10-6-7-18(15-22)16-24-25-23(27)17-26(32(2,28)29)19-11-13-21(14-12-19)31-20-8-4-3-5-9-20/h3-16H,17H2,1-2H3,(H,25,27). The molecule has 9 heteroatoms. The number of sulfonamides is 1. The van der Waals surface area contributed by atoms with Crippen LogP contribution < -0.4 is 19.2 Å². The van der Waals surface area contributed by atoms with Crippen molar-refractivity contribution >= 4 is 27.8 Å². The highest BCUT2D eigenvalue weighted by molar-refractivity contribution is 7.92. The molecule has 3 aromatic carbocycles. The van der Waals surface area contributed by atoms with Gasteiger partial charge in [0.2, 0.25) is 10.0 Å². The van der Waals surface area contributed by atoms with Gasteiger partial charge in [-0.15, -0.1) is 0 Å². The maximum Gasteiger partial charge on any atom is 0.260 e. The molecule has 32 heavy (non-hydrogen) atoms. The Morgan fingerprint density at radius 1 is 0.969 bits per heavy atom. The second kappa shape index (κ2) is 10.5. The lowest BCUT2D eigenvalue weighted by Gasteiger charge is -2.21. The lowest BCUT2D eigenvalue weighted by molar-refractivity contribution is -0.119. The van der Waals surface area contributed by atoms with Gasteiger partial charge in [0.1, 0.15) is 23.8 Å². The number of carbonyl (C=O) groups excluding carboxylic acids is 1. The monoisotopic (exact) mass is 453 g/mol. The van der Waals surface area contributed by atoms with Crippen molar-refractivity contribution < 1.29 is 22.7 Å². The highest BCUT2D eigenvalue weighted by atomic mass is 32.2. The first-order valence-electron chi connectivity index (χ1n) is 9.62. The van der Waals surface area contributed by atoms with E-state index in [4.69, 9.17) is 9.47 Å². The van der Waals surface area contributed by atoms with Gasteiger partial charge < -0.3 is 9.47 Å². The van der Waals surface area contributed by atoms with Crippen molar-refractivity contribution in [3.05, 3.63) is 84.4 Å². The minimum atomic E-state index is -3.71. The van der Waals surface area contributed by atoms with E-state index in [1.807, 2.05) is 30.3 Å². The van der Waals surface area contributed by atoms with Gasteiger partial charge in [0.15, 0.2) is 0 Å². The Hall–Kier alpha value is -3.85. The van der Waals surface area contributed by atoms with E-state index >= 15 is 0 Å². The second-order valence-electron chi connectivity index (χ2n) is 6.75. The fourth-order valence-electron chi connectivity index (χ4n) is 2.77. The molecule has 3 aromatic rings. The zero-order chi connectivity index (χ0) is 23.0. The molecule has 0 unspecified atom stereocenters. The molecule has 0 aliphatic rings. The van der Waals surface area contributed by atoms with E-state index in [2.05, 4.69) is 10.5 Å². The van der Waals surface area contributed by atoms with Crippen LogP contribution in [0.4, 0.5) is 5.69 Å². The molecule has 0 fully saturated rings. The number of hydrogen-bond donors (Lipinski definition) is 1. The zero-order valence-electron chi connectivity index (χ0n) is 17.6. The minimum absolute atomic E-state index is 0.333. The Labute approximate surface area is 187 Å². The normalized spacial score (nSPS) is 11.2. The van der Waals surface area contributed by atoms with Crippen molar-refractivity contribution in [3.63, 3.8) is 0 Å². The average molecular weight is 454 g/mol. The van der Waals surface area contributed by atoms with E-state index in [0.29, 0.717) is 22.9 Å². The Balaban J connectivity index is 1.66.